The Labute approximate surface area is 154 Å². The van der Waals surface area contributed by atoms with E-state index in [0.29, 0.717) is 32.5 Å². The molecule has 0 unspecified atom stereocenters. The minimum Gasteiger partial charge on any atom is -0.354 e. The van der Waals surface area contributed by atoms with Crippen LogP contribution in [0.15, 0.2) is 48.5 Å². The Hall–Kier alpha value is -2.69. The lowest BCUT2D eigenvalue weighted by Crippen LogP contribution is -2.39. The molecule has 0 fully saturated rings. The summed E-state index contributed by atoms with van der Waals surface area (Å²) < 4.78 is 12.9. The largest absolute Gasteiger partial charge is 0.354 e. The van der Waals surface area contributed by atoms with Crippen LogP contribution < -0.4 is 5.32 Å². The second-order valence-electron chi connectivity index (χ2n) is 6.40. The second-order valence-corrected chi connectivity index (χ2v) is 6.40. The van der Waals surface area contributed by atoms with E-state index in [9.17, 15) is 14.0 Å². The minimum absolute atomic E-state index is 0.0416. The van der Waals surface area contributed by atoms with Gasteiger partial charge in [0.2, 0.25) is 11.8 Å². The van der Waals surface area contributed by atoms with Crippen LogP contribution in [0.1, 0.15) is 23.6 Å². The maximum atomic E-state index is 12.9. The highest BCUT2D eigenvalue weighted by Gasteiger charge is 2.10. The molecule has 1 N–H and O–H groups in total. The molecule has 0 saturated heterocycles. The topological polar surface area (TPSA) is 49.4 Å². The number of nitrogens with zero attached hydrogens (tertiary/aromatic N) is 1. The van der Waals surface area contributed by atoms with Crippen molar-refractivity contribution in [1.82, 2.24) is 10.2 Å². The molecule has 138 valence electrons. The zero-order valence-corrected chi connectivity index (χ0v) is 15.3. The molecule has 0 aromatic heterocycles. The number of carbonyl (C=O) groups is 2. The smallest absolute Gasteiger partial charge is 0.224 e. The Morgan fingerprint density at radius 1 is 1.04 bits per heavy atom. The number of carbonyl (C=O) groups excluding carboxylic acids is 2. The zero-order valence-electron chi connectivity index (χ0n) is 15.3. The summed E-state index contributed by atoms with van der Waals surface area (Å²) in [5.74, 6) is -0.369. The van der Waals surface area contributed by atoms with Crippen molar-refractivity contribution >= 4 is 11.8 Å². The Balaban J connectivity index is 1.76. The average molecular weight is 356 g/mol. The van der Waals surface area contributed by atoms with Crippen LogP contribution in [-0.2, 0) is 22.4 Å². The summed E-state index contributed by atoms with van der Waals surface area (Å²) in [6, 6.07) is 14.1. The molecule has 0 heterocycles. The maximum absolute atomic E-state index is 12.9. The molecule has 0 spiro atoms. The van der Waals surface area contributed by atoms with Crippen molar-refractivity contribution in [2.24, 2.45) is 0 Å². The summed E-state index contributed by atoms with van der Waals surface area (Å²) >= 11 is 0. The fourth-order valence-corrected chi connectivity index (χ4v) is 2.74. The van der Waals surface area contributed by atoms with Gasteiger partial charge in [-0.05, 0) is 36.6 Å². The summed E-state index contributed by atoms with van der Waals surface area (Å²) in [7, 11) is 0. The van der Waals surface area contributed by atoms with Gasteiger partial charge in [0.05, 0.1) is 6.42 Å². The number of benzene rings is 2. The molecule has 0 saturated carbocycles. The van der Waals surface area contributed by atoms with Gasteiger partial charge in [-0.25, -0.2) is 4.39 Å². The van der Waals surface area contributed by atoms with Crippen molar-refractivity contribution in [1.29, 1.82) is 0 Å². The quantitative estimate of drug-likeness (QED) is 0.791. The summed E-state index contributed by atoms with van der Waals surface area (Å²) in [4.78, 5) is 25.5. The highest BCUT2D eigenvalue weighted by molar-refractivity contribution is 5.78. The van der Waals surface area contributed by atoms with Gasteiger partial charge in [-0.1, -0.05) is 42.0 Å². The molecule has 2 amide bonds. The predicted octanol–water partition coefficient (Wildman–Crippen LogP) is 2.88. The van der Waals surface area contributed by atoms with Gasteiger partial charge in [0.25, 0.3) is 0 Å². The predicted molar refractivity (Wildman–Crippen MR) is 100 cm³/mol. The van der Waals surface area contributed by atoms with E-state index in [-0.39, 0.29) is 17.6 Å². The molecule has 4 nitrogen and oxygen atoms in total. The van der Waals surface area contributed by atoms with Gasteiger partial charge < -0.3 is 10.2 Å². The third kappa shape index (κ3) is 6.67. The Kier molecular flexibility index (Phi) is 7.33. The molecule has 0 bridgehead atoms. The third-order valence-electron chi connectivity index (χ3n) is 4.18. The van der Waals surface area contributed by atoms with Crippen molar-refractivity contribution in [3.63, 3.8) is 0 Å². The molecule has 2 rings (SSSR count). The van der Waals surface area contributed by atoms with E-state index in [1.807, 2.05) is 31.2 Å². The van der Waals surface area contributed by atoms with Crippen molar-refractivity contribution in [2.45, 2.75) is 26.7 Å². The SMILES string of the molecule is CC(=O)N(CCNC(=O)Cc1cccc(C)c1)CCc1ccc(F)cc1. The zero-order chi connectivity index (χ0) is 18.9. The molecule has 2 aromatic rings. The van der Waals surface area contributed by atoms with Gasteiger partial charge in [0.15, 0.2) is 0 Å². The van der Waals surface area contributed by atoms with Gasteiger partial charge in [0.1, 0.15) is 5.82 Å². The van der Waals surface area contributed by atoms with Crippen molar-refractivity contribution in [2.75, 3.05) is 19.6 Å². The van der Waals surface area contributed by atoms with E-state index in [2.05, 4.69) is 5.32 Å². The Morgan fingerprint density at radius 3 is 2.42 bits per heavy atom. The van der Waals surface area contributed by atoms with Crippen LogP contribution in [0.25, 0.3) is 0 Å². The second kappa shape index (κ2) is 9.70. The van der Waals surface area contributed by atoms with Crippen LogP contribution in [0.5, 0.6) is 0 Å². The number of amides is 2. The molecule has 2 aromatic carbocycles. The van der Waals surface area contributed by atoms with Crippen molar-refractivity contribution in [3.8, 4) is 0 Å². The maximum Gasteiger partial charge on any atom is 0.224 e. The van der Waals surface area contributed by atoms with E-state index >= 15 is 0 Å². The highest BCUT2D eigenvalue weighted by Crippen LogP contribution is 2.06. The van der Waals surface area contributed by atoms with Crippen LogP contribution in [0.2, 0.25) is 0 Å². The third-order valence-corrected chi connectivity index (χ3v) is 4.18. The molecule has 0 aliphatic carbocycles. The van der Waals surface area contributed by atoms with E-state index in [1.165, 1.54) is 19.1 Å². The van der Waals surface area contributed by atoms with Crippen LogP contribution >= 0.6 is 0 Å². The summed E-state index contributed by atoms with van der Waals surface area (Å²) in [6.45, 7) is 4.91. The molecular formula is C21H25FN2O2. The first-order chi connectivity index (χ1) is 12.4. The molecule has 0 aliphatic rings. The summed E-state index contributed by atoms with van der Waals surface area (Å²) in [5, 5.41) is 2.86. The fraction of sp³-hybridized carbons (Fsp3) is 0.333. The standard InChI is InChI=1S/C21H25FN2O2/c1-16-4-3-5-19(14-16)15-21(26)23-11-13-24(17(2)25)12-10-18-6-8-20(22)9-7-18/h3-9,14H,10-13,15H2,1-2H3,(H,23,26). The fourth-order valence-electron chi connectivity index (χ4n) is 2.74. The van der Waals surface area contributed by atoms with Gasteiger partial charge in [-0.3, -0.25) is 9.59 Å². The normalized spacial score (nSPS) is 10.4. The molecule has 0 atom stereocenters. The number of rotatable bonds is 8. The van der Waals surface area contributed by atoms with Crippen molar-refractivity contribution in [3.05, 3.63) is 71.0 Å². The van der Waals surface area contributed by atoms with Crippen LogP contribution in [0.3, 0.4) is 0 Å². The number of aryl methyl sites for hydroxylation is 1. The molecule has 0 radical (unpaired) electrons. The van der Waals surface area contributed by atoms with Gasteiger partial charge in [-0.15, -0.1) is 0 Å². The van der Waals surface area contributed by atoms with Gasteiger partial charge in [0, 0.05) is 26.6 Å². The number of nitrogens with one attached hydrogen (secondary N) is 1. The highest BCUT2D eigenvalue weighted by atomic mass is 19.1. The van der Waals surface area contributed by atoms with Crippen LogP contribution in [-0.4, -0.2) is 36.3 Å². The van der Waals surface area contributed by atoms with E-state index in [1.54, 1.807) is 17.0 Å². The van der Waals surface area contributed by atoms with Crippen LogP contribution in [0, 0.1) is 12.7 Å². The lowest BCUT2D eigenvalue weighted by atomic mass is 10.1. The lowest BCUT2D eigenvalue weighted by molar-refractivity contribution is -0.129. The van der Waals surface area contributed by atoms with Crippen molar-refractivity contribution < 1.29 is 14.0 Å². The average Bonchev–Trinajstić information content (AvgIpc) is 2.59. The first-order valence-corrected chi connectivity index (χ1v) is 8.76. The summed E-state index contributed by atoms with van der Waals surface area (Å²) in [5.41, 5.74) is 3.07. The monoisotopic (exact) mass is 356 g/mol. The summed E-state index contributed by atoms with van der Waals surface area (Å²) in [6.07, 6.45) is 0.981. The minimum atomic E-state index is -0.270. The van der Waals surface area contributed by atoms with Crippen LogP contribution in [0.4, 0.5) is 4.39 Å². The molecule has 26 heavy (non-hydrogen) atoms. The first kappa shape index (κ1) is 19.6. The Morgan fingerprint density at radius 2 is 1.77 bits per heavy atom. The number of hydrogen-bond donors (Lipinski definition) is 1. The molecule has 0 aliphatic heterocycles. The molecular weight excluding hydrogens is 331 g/mol. The van der Waals surface area contributed by atoms with E-state index < -0.39 is 0 Å². The van der Waals surface area contributed by atoms with E-state index in [4.69, 9.17) is 0 Å². The van der Waals surface area contributed by atoms with E-state index in [0.717, 1.165) is 16.7 Å². The van der Waals surface area contributed by atoms with Gasteiger partial charge in [-0.2, -0.15) is 0 Å². The Bertz CT molecular complexity index is 744. The first-order valence-electron chi connectivity index (χ1n) is 8.76. The number of hydrogen-bond acceptors (Lipinski definition) is 2. The lowest BCUT2D eigenvalue weighted by Gasteiger charge is -2.21. The number of halogens is 1. The molecule has 5 heteroatoms. The van der Waals surface area contributed by atoms with Gasteiger partial charge >= 0.3 is 0 Å².